The number of Topliss-reactive ketones (excluding diaryl/α,β-unsaturated/α-hetero) is 1. The van der Waals surface area contributed by atoms with Crippen molar-refractivity contribution >= 4 is 23.5 Å². The van der Waals surface area contributed by atoms with Gasteiger partial charge < -0.3 is 14.3 Å². The molecule has 3 aromatic heterocycles. The van der Waals surface area contributed by atoms with Gasteiger partial charge in [0.15, 0.2) is 10.9 Å². The molecule has 8 heteroatoms. The van der Waals surface area contributed by atoms with Gasteiger partial charge in [0, 0.05) is 19.3 Å². The van der Waals surface area contributed by atoms with Crippen LogP contribution in [0.4, 0.5) is 5.95 Å². The number of carbonyl (C=O) groups excluding carboxylic acids is 1. The van der Waals surface area contributed by atoms with E-state index in [9.17, 15) is 4.79 Å². The number of H-pyrrole nitrogens is 1. The monoisotopic (exact) mass is 357 g/mol. The fraction of sp³-hybridized carbons (Fsp3) is 0.353. The maximum absolute atomic E-state index is 12.2. The van der Waals surface area contributed by atoms with E-state index in [0.29, 0.717) is 18.0 Å². The zero-order valence-corrected chi connectivity index (χ0v) is 14.5. The molecule has 0 radical (unpaired) electrons. The largest absolute Gasteiger partial charge is 0.467 e. The molecule has 3 aromatic rings. The smallest absolute Gasteiger partial charge is 0.228 e. The lowest BCUT2D eigenvalue weighted by molar-refractivity contribution is 0.101. The SMILES string of the molecule is O=C(CSc1nnc(N2CCCC2)n1Cc1ccco1)c1ccc[nH]1. The molecule has 4 rings (SSSR count). The van der Waals surface area contributed by atoms with E-state index in [-0.39, 0.29) is 5.78 Å². The number of thioether (sulfide) groups is 1. The molecule has 7 nitrogen and oxygen atoms in total. The average Bonchev–Trinajstić information content (AvgIpc) is 3.40. The molecule has 25 heavy (non-hydrogen) atoms. The highest BCUT2D eigenvalue weighted by Crippen LogP contribution is 2.26. The van der Waals surface area contributed by atoms with Crippen molar-refractivity contribution < 1.29 is 9.21 Å². The summed E-state index contributed by atoms with van der Waals surface area (Å²) in [6, 6.07) is 7.41. The van der Waals surface area contributed by atoms with Crippen molar-refractivity contribution in [2.75, 3.05) is 23.7 Å². The average molecular weight is 357 g/mol. The van der Waals surface area contributed by atoms with E-state index in [1.807, 2.05) is 22.8 Å². The normalized spacial score (nSPS) is 14.3. The number of rotatable bonds is 7. The van der Waals surface area contributed by atoms with E-state index >= 15 is 0 Å². The Balaban J connectivity index is 1.54. The van der Waals surface area contributed by atoms with Gasteiger partial charge in [0.1, 0.15) is 5.76 Å². The first-order valence-corrected chi connectivity index (χ1v) is 9.30. The Labute approximate surface area is 149 Å². The minimum Gasteiger partial charge on any atom is -0.467 e. The van der Waals surface area contributed by atoms with Crippen molar-refractivity contribution in [3.63, 3.8) is 0 Å². The lowest BCUT2D eigenvalue weighted by atomic mass is 10.3. The summed E-state index contributed by atoms with van der Waals surface area (Å²) in [7, 11) is 0. The minimum atomic E-state index is 0.0465. The van der Waals surface area contributed by atoms with Crippen LogP contribution in [0.25, 0.3) is 0 Å². The summed E-state index contributed by atoms with van der Waals surface area (Å²) >= 11 is 1.41. The first-order chi connectivity index (χ1) is 12.3. The van der Waals surface area contributed by atoms with Crippen LogP contribution in [0.2, 0.25) is 0 Å². The van der Waals surface area contributed by atoms with Crippen LogP contribution in [0.3, 0.4) is 0 Å². The number of nitrogens with one attached hydrogen (secondary N) is 1. The Morgan fingerprint density at radius 3 is 2.84 bits per heavy atom. The third-order valence-electron chi connectivity index (χ3n) is 4.21. The summed E-state index contributed by atoms with van der Waals surface area (Å²) in [6.45, 7) is 2.54. The summed E-state index contributed by atoms with van der Waals surface area (Å²) in [5, 5.41) is 9.44. The zero-order chi connectivity index (χ0) is 17.1. The second-order valence-electron chi connectivity index (χ2n) is 5.94. The highest BCUT2D eigenvalue weighted by Gasteiger charge is 2.22. The molecule has 0 saturated carbocycles. The molecule has 130 valence electrons. The first-order valence-electron chi connectivity index (χ1n) is 8.31. The molecule has 0 aliphatic carbocycles. The molecule has 0 spiro atoms. The molecule has 0 amide bonds. The Bertz CT molecular complexity index is 819. The molecule has 0 unspecified atom stereocenters. The highest BCUT2D eigenvalue weighted by molar-refractivity contribution is 7.99. The maximum atomic E-state index is 12.2. The molecule has 4 heterocycles. The number of nitrogens with zero attached hydrogens (tertiary/aromatic N) is 4. The van der Waals surface area contributed by atoms with Gasteiger partial charge >= 0.3 is 0 Å². The predicted octanol–water partition coefficient (Wildman–Crippen LogP) is 2.82. The lowest BCUT2D eigenvalue weighted by Crippen LogP contribution is -2.22. The van der Waals surface area contributed by atoms with E-state index in [4.69, 9.17) is 4.42 Å². The number of carbonyl (C=O) groups is 1. The molecule has 0 bridgehead atoms. The predicted molar refractivity (Wildman–Crippen MR) is 95.1 cm³/mol. The van der Waals surface area contributed by atoms with Crippen molar-refractivity contribution in [2.24, 2.45) is 0 Å². The van der Waals surface area contributed by atoms with Gasteiger partial charge in [0.2, 0.25) is 5.95 Å². The van der Waals surface area contributed by atoms with Crippen molar-refractivity contribution in [3.05, 3.63) is 48.2 Å². The van der Waals surface area contributed by atoms with E-state index in [2.05, 4.69) is 20.1 Å². The van der Waals surface area contributed by atoms with Crippen molar-refractivity contribution in [1.29, 1.82) is 0 Å². The molecule has 1 N–H and O–H groups in total. The Hall–Kier alpha value is -2.48. The Morgan fingerprint density at radius 2 is 2.12 bits per heavy atom. The first kappa shape index (κ1) is 16.0. The van der Waals surface area contributed by atoms with Crippen LogP contribution in [0.1, 0.15) is 29.1 Å². The van der Waals surface area contributed by atoms with Crippen LogP contribution < -0.4 is 4.90 Å². The van der Waals surface area contributed by atoms with E-state index < -0.39 is 0 Å². The Kier molecular flexibility index (Phi) is 4.60. The van der Waals surface area contributed by atoms with Crippen LogP contribution >= 0.6 is 11.8 Å². The lowest BCUT2D eigenvalue weighted by Gasteiger charge is -2.17. The van der Waals surface area contributed by atoms with Crippen LogP contribution in [-0.2, 0) is 6.54 Å². The number of furan rings is 1. The van der Waals surface area contributed by atoms with Gasteiger partial charge in [-0.05, 0) is 37.1 Å². The Morgan fingerprint density at radius 1 is 1.24 bits per heavy atom. The van der Waals surface area contributed by atoms with Gasteiger partial charge in [0.25, 0.3) is 0 Å². The van der Waals surface area contributed by atoms with Gasteiger partial charge in [-0.3, -0.25) is 9.36 Å². The second kappa shape index (κ2) is 7.18. The molecule has 1 aliphatic heterocycles. The van der Waals surface area contributed by atoms with Crippen molar-refractivity contribution in [1.82, 2.24) is 19.7 Å². The van der Waals surface area contributed by atoms with Gasteiger partial charge in [-0.2, -0.15) is 0 Å². The summed E-state index contributed by atoms with van der Waals surface area (Å²) in [5.74, 6) is 2.06. The van der Waals surface area contributed by atoms with Crippen molar-refractivity contribution in [2.45, 2.75) is 24.5 Å². The topological polar surface area (TPSA) is 79.9 Å². The number of hydrogen-bond acceptors (Lipinski definition) is 6. The quantitative estimate of drug-likeness (QED) is 0.517. The molecule has 1 saturated heterocycles. The number of aromatic amines is 1. The van der Waals surface area contributed by atoms with Gasteiger partial charge in [-0.15, -0.1) is 10.2 Å². The third kappa shape index (κ3) is 3.48. The molecule has 1 aliphatic rings. The van der Waals surface area contributed by atoms with Gasteiger partial charge in [-0.25, -0.2) is 0 Å². The zero-order valence-electron chi connectivity index (χ0n) is 13.7. The van der Waals surface area contributed by atoms with Gasteiger partial charge in [-0.1, -0.05) is 11.8 Å². The highest BCUT2D eigenvalue weighted by atomic mass is 32.2. The standard InChI is InChI=1S/C17H19N5O2S/c23-15(14-6-3-7-18-14)12-25-17-20-19-16(21-8-1-2-9-21)22(17)11-13-5-4-10-24-13/h3-7,10,18H,1-2,8-9,11-12H2. The molecular formula is C17H19N5O2S. The maximum Gasteiger partial charge on any atom is 0.228 e. The number of ketones is 1. The third-order valence-corrected chi connectivity index (χ3v) is 5.18. The van der Waals surface area contributed by atoms with Crippen LogP contribution in [-0.4, -0.2) is 44.4 Å². The minimum absolute atomic E-state index is 0.0465. The molecular weight excluding hydrogens is 338 g/mol. The molecule has 0 atom stereocenters. The van der Waals surface area contributed by atoms with Crippen LogP contribution in [0, 0.1) is 0 Å². The molecule has 0 aromatic carbocycles. The van der Waals surface area contributed by atoms with Crippen LogP contribution in [0.15, 0.2) is 46.3 Å². The summed E-state index contributed by atoms with van der Waals surface area (Å²) < 4.78 is 7.53. The fourth-order valence-electron chi connectivity index (χ4n) is 2.95. The second-order valence-corrected chi connectivity index (χ2v) is 6.88. The summed E-state index contributed by atoms with van der Waals surface area (Å²) in [5.41, 5.74) is 0.615. The van der Waals surface area contributed by atoms with E-state index in [1.54, 1.807) is 18.5 Å². The number of hydrogen-bond donors (Lipinski definition) is 1. The van der Waals surface area contributed by atoms with Crippen LogP contribution in [0.5, 0.6) is 0 Å². The molecule has 1 fully saturated rings. The van der Waals surface area contributed by atoms with Crippen molar-refractivity contribution in [3.8, 4) is 0 Å². The van der Waals surface area contributed by atoms with E-state index in [1.165, 1.54) is 24.6 Å². The summed E-state index contributed by atoms with van der Waals surface area (Å²) in [4.78, 5) is 17.4. The van der Waals surface area contributed by atoms with Gasteiger partial charge in [0.05, 0.1) is 24.3 Å². The number of anilines is 1. The number of aromatic nitrogens is 4. The summed E-state index contributed by atoms with van der Waals surface area (Å²) in [6.07, 6.45) is 5.75. The van der Waals surface area contributed by atoms with E-state index in [0.717, 1.165) is 30.0 Å². The fourth-order valence-corrected chi connectivity index (χ4v) is 3.76.